The van der Waals surface area contributed by atoms with Gasteiger partial charge in [-0.3, -0.25) is 20.4 Å². The van der Waals surface area contributed by atoms with Crippen molar-refractivity contribution in [2.24, 2.45) is 0 Å². The number of thiocarbonyl (C=S) groups is 1. The number of carbonyl (C=O) groups excluding carboxylic acids is 2. The zero-order chi connectivity index (χ0) is 16.1. The second-order valence-electron chi connectivity index (χ2n) is 4.26. The largest absolute Gasteiger partial charge is 0.331 e. The Balaban J connectivity index is 1.86. The van der Waals surface area contributed by atoms with Gasteiger partial charge in [0.1, 0.15) is 0 Å². The van der Waals surface area contributed by atoms with E-state index in [1.807, 2.05) is 0 Å². The highest BCUT2D eigenvalue weighted by molar-refractivity contribution is 7.80. The summed E-state index contributed by atoms with van der Waals surface area (Å²) in [5, 5.41) is 3.75. The van der Waals surface area contributed by atoms with Crippen LogP contribution in [0.1, 0.15) is 26.3 Å². The van der Waals surface area contributed by atoms with E-state index in [0.717, 1.165) is 17.0 Å². The Morgan fingerprint density at radius 2 is 1.68 bits per heavy atom. The lowest BCUT2D eigenvalue weighted by molar-refractivity contribution is 0.0947. The average molecular weight is 354 g/mol. The maximum absolute atomic E-state index is 11.9. The topological polar surface area (TPSA) is 70.2 Å². The van der Waals surface area contributed by atoms with E-state index in [2.05, 4.69) is 16.2 Å². The normalized spacial score (nSPS) is 9.91. The molecule has 0 radical (unpaired) electrons. The third kappa shape index (κ3) is 4.52. The van der Waals surface area contributed by atoms with Crippen LogP contribution in [0, 0.1) is 0 Å². The number of benzene rings is 1. The molecule has 0 saturated heterocycles. The standard InChI is InChI=1S/C14H12ClN3O2S2/c1-8(19)11-6-7-12(22-11)13(20)17-18-14(21)16-10-4-2-9(15)3-5-10/h2-7H,1H3,(H,17,20)(H2,16,18,21). The summed E-state index contributed by atoms with van der Waals surface area (Å²) in [6, 6.07) is 10.2. The third-order valence-corrected chi connectivity index (χ3v) is 4.21. The number of nitrogens with one attached hydrogen (secondary N) is 3. The van der Waals surface area contributed by atoms with Gasteiger partial charge in [-0.15, -0.1) is 11.3 Å². The van der Waals surface area contributed by atoms with E-state index >= 15 is 0 Å². The van der Waals surface area contributed by atoms with Crippen LogP contribution in [0.5, 0.6) is 0 Å². The number of rotatable bonds is 3. The van der Waals surface area contributed by atoms with Crippen molar-refractivity contribution in [2.75, 3.05) is 5.32 Å². The zero-order valence-corrected chi connectivity index (χ0v) is 13.9. The number of Topliss-reactive ketones (excluding diaryl/α,β-unsaturated/α-hetero) is 1. The number of hydrogen-bond acceptors (Lipinski definition) is 4. The lowest BCUT2D eigenvalue weighted by Gasteiger charge is -2.11. The van der Waals surface area contributed by atoms with Gasteiger partial charge in [0.15, 0.2) is 10.9 Å². The van der Waals surface area contributed by atoms with Gasteiger partial charge in [0.2, 0.25) is 0 Å². The molecule has 5 nitrogen and oxygen atoms in total. The quantitative estimate of drug-likeness (QED) is 0.449. The van der Waals surface area contributed by atoms with Crippen LogP contribution in [0.4, 0.5) is 5.69 Å². The molecule has 22 heavy (non-hydrogen) atoms. The Labute approximate surface area is 141 Å². The molecule has 0 saturated carbocycles. The van der Waals surface area contributed by atoms with Crippen molar-refractivity contribution in [3.63, 3.8) is 0 Å². The summed E-state index contributed by atoms with van der Waals surface area (Å²) in [5.74, 6) is -0.435. The highest BCUT2D eigenvalue weighted by Gasteiger charge is 2.11. The number of carbonyl (C=O) groups is 2. The molecule has 114 valence electrons. The molecule has 1 heterocycles. The van der Waals surface area contributed by atoms with Crippen molar-refractivity contribution < 1.29 is 9.59 Å². The Hall–Kier alpha value is -1.96. The maximum Gasteiger partial charge on any atom is 0.279 e. The number of anilines is 1. The fourth-order valence-corrected chi connectivity index (χ4v) is 2.61. The van der Waals surface area contributed by atoms with Gasteiger partial charge in [0, 0.05) is 10.7 Å². The van der Waals surface area contributed by atoms with Gasteiger partial charge in [-0.1, -0.05) is 11.6 Å². The molecule has 0 aliphatic heterocycles. The van der Waals surface area contributed by atoms with Crippen molar-refractivity contribution >= 4 is 57.6 Å². The van der Waals surface area contributed by atoms with Crippen LogP contribution >= 0.6 is 35.2 Å². The SMILES string of the molecule is CC(=O)c1ccc(C(=O)NNC(=S)Nc2ccc(Cl)cc2)s1. The molecular formula is C14H12ClN3O2S2. The molecular weight excluding hydrogens is 342 g/mol. The number of hydrazine groups is 1. The van der Waals surface area contributed by atoms with Crippen LogP contribution in [0.25, 0.3) is 0 Å². The van der Waals surface area contributed by atoms with Crippen LogP contribution in [0.2, 0.25) is 5.02 Å². The summed E-state index contributed by atoms with van der Waals surface area (Å²) < 4.78 is 0. The minimum Gasteiger partial charge on any atom is -0.331 e. The smallest absolute Gasteiger partial charge is 0.279 e. The molecule has 1 aromatic heterocycles. The van der Waals surface area contributed by atoms with Crippen LogP contribution in [0.3, 0.4) is 0 Å². The molecule has 0 bridgehead atoms. The molecule has 0 aliphatic carbocycles. The Kier molecular flexibility index (Phi) is 5.48. The molecule has 8 heteroatoms. The Bertz CT molecular complexity index is 713. The molecule has 0 unspecified atom stereocenters. The van der Waals surface area contributed by atoms with E-state index in [9.17, 15) is 9.59 Å². The lowest BCUT2D eigenvalue weighted by Crippen LogP contribution is -2.43. The highest BCUT2D eigenvalue weighted by atomic mass is 35.5. The number of ketones is 1. The Morgan fingerprint density at radius 3 is 2.27 bits per heavy atom. The van der Waals surface area contributed by atoms with E-state index in [-0.39, 0.29) is 16.8 Å². The molecule has 2 aromatic rings. The van der Waals surface area contributed by atoms with Crippen molar-refractivity contribution in [3.05, 3.63) is 51.2 Å². The molecule has 1 amide bonds. The van der Waals surface area contributed by atoms with E-state index in [1.54, 1.807) is 36.4 Å². The van der Waals surface area contributed by atoms with E-state index in [1.165, 1.54) is 6.92 Å². The number of amides is 1. The Morgan fingerprint density at radius 1 is 1.05 bits per heavy atom. The predicted molar refractivity (Wildman–Crippen MR) is 92.6 cm³/mol. The monoisotopic (exact) mass is 353 g/mol. The van der Waals surface area contributed by atoms with Gasteiger partial charge < -0.3 is 5.32 Å². The molecule has 1 aromatic carbocycles. The first kappa shape index (κ1) is 16.4. The summed E-state index contributed by atoms with van der Waals surface area (Å²) in [6.45, 7) is 1.46. The maximum atomic E-state index is 11.9. The first-order chi connectivity index (χ1) is 10.5. The van der Waals surface area contributed by atoms with Gasteiger partial charge in [-0.05, 0) is 55.5 Å². The van der Waals surface area contributed by atoms with Crippen LogP contribution in [-0.2, 0) is 0 Å². The van der Waals surface area contributed by atoms with Gasteiger partial charge in [-0.2, -0.15) is 0 Å². The second-order valence-corrected chi connectivity index (χ2v) is 6.19. The number of thiophene rings is 1. The summed E-state index contributed by atoms with van der Waals surface area (Å²) in [7, 11) is 0. The highest BCUT2D eigenvalue weighted by Crippen LogP contribution is 2.16. The molecule has 3 N–H and O–H groups in total. The molecule has 0 fully saturated rings. The lowest BCUT2D eigenvalue weighted by atomic mass is 10.3. The zero-order valence-electron chi connectivity index (χ0n) is 11.5. The molecule has 0 aliphatic rings. The van der Waals surface area contributed by atoms with Crippen molar-refractivity contribution in [2.45, 2.75) is 6.92 Å². The van der Waals surface area contributed by atoms with Gasteiger partial charge >= 0.3 is 0 Å². The van der Waals surface area contributed by atoms with Gasteiger partial charge in [0.05, 0.1) is 9.75 Å². The van der Waals surface area contributed by atoms with E-state index < -0.39 is 0 Å². The summed E-state index contributed by atoms with van der Waals surface area (Å²) in [5.41, 5.74) is 5.80. The second kappa shape index (κ2) is 7.35. The third-order valence-electron chi connectivity index (χ3n) is 2.57. The average Bonchev–Trinajstić information content (AvgIpc) is 2.97. The first-order valence-electron chi connectivity index (χ1n) is 6.19. The van der Waals surface area contributed by atoms with Gasteiger partial charge in [0.25, 0.3) is 5.91 Å². The summed E-state index contributed by atoms with van der Waals surface area (Å²) >= 11 is 12.0. The van der Waals surface area contributed by atoms with Crippen molar-refractivity contribution in [1.29, 1.82) is 0 Å². The fraction of sp³-hybridized carbons (Fsp3) is 0.0714. The van der Waals surface area contributed by atoms with Crippen molar-refractivity contribution in [1.82, 2.24) is 10.9 Å². The first-order valence-corrected chi connectivity index (χ1v) is 7.79. The molecule has 0 spiro atoms. The molecule has 0 atom stereocenters. The predicted octanol–water partition coefficient (Wildman–Crippen LogP) is 3.24. The minimum absolute atomic E-state index is 0.0723. The summed E-state index contributed by atoms with van der Waals surface area (Å²) in [4.78, 5) is 24.1. The number of halogens is 1. The number of hydrogen-bond donors (Lipinski definition) is 3. The van der Waals surface area contributed by atoms with E-state index in [4.69, 9.17) is 23.8 Å². The van der Waals surface area contributed by atoms with Crippen LogP contribution in [0.15, 0.2) is 36.4 Å². The van der Waals surface area contributed by atoms with Crippen molar-refractivity contribution in [3.8, 4) is 0 Å². The summed E-state index contributed by atoms with van der Waals surface area (Å²) in [6.07, 6.45) is 0. The van der Waals surface area contributed by atoms with E-state index in [0.29, 0.717) is 14.8 Å². The minimum atomic E-state index is -0.363. The van der Waals surface area contributed by atoms with Crippen LogP contribution < -0.4 is 16.2 Å². The molecule has 2 rings (SSSR count). The van der Waals surface area contributed by atoms with Gasteiger partial charge in [-0.25, -0.2) is 0 Å². The fourth-order valence-electron chi connectivity index (χ4n) is 1.52. The van der Waals surface area contributed by atoms with Crippen LogP contribution in [-0.4, -0.2) is 16.8 Å².